The Morgan fingerprint density at radius 2 is 1.60 bits per heavy atom. The second kappa shape index (κ2) is 7.93. The molecule has 0 bridgehead atoms. The van der Waals surface area contributed by atoms with E-state index in [2.05, 4.69) is 48.5 Å². The maximum absolute atomic E-state index is 10.3. The minimum absolute atomic E-state index is 0.0420. The molecule has 0 aromatic heterocycles. The average molecular weight is 415 g/mol. The Morgan fingerprint density at radius 3 is 2.30 bits per heavy atom. The highest BCUT2D eigenvalue weighted by atomic mass is 16.3. The number of fused-ring (bicyclic) bond motifs is 4. The first-order chi connectivity index (χ1) is 14.0. The van der Waals surface area contributed by atoms with Gasteiger partial charge in [-0.3, -0.25) is 0 Å². The van der Waals surface area contributed by atoms with Crippen LogP contribution in [0.5, 0.6) is 0 Å². The van der Waals surface area contributed by atoms with Gasteiger partial charge in [0, 0.05) is 0 Å². The van der Waals surface area contributed by atoms with Crippen LogP contribution < -0.4 is 0 Å². The molecule has 0 radical (unpaired) electrons. The van der Waals surface area contributed by atoms with Crippen molar-refractivity contribution in [2.45, 2.75) is 125 Å². The monoisotopic (exact) mass is 414 g/mol. The zero-order chi connectivity index (χ0) is 21.9. The Bertz CT molecular complexity index is 676. The van der Waals surface area contributed by atoms with Gasteiger partial charge in [-0.25, -0.2) is 0 Å². The predicted molar refractivity (Wildman–Crippen MR) is 128 cm³/mol. The highest BCUT2D eigenvalue weighted by Crippen LogP contribution is 2.71. The molecule has 1 nitrogen and oxygen atoms in total. The molecule has 0 aliphatic heterocycles. The largest absolute Gasteiger partial charge is 0.393 e. The Hall–Kier alpha value is -0.300. The Kier molecular flexibility index (Phi) is 6.05. The van der Waals surface area contributed by atoms with E-state index in [0.29, 0.717) is 16.2 Å². The Balaban J connectivity index is 1.58. The normalized spacial score (nSPS) is 45.7. The predicted octanol–water partition coefficient (Wildman–Crippen LogP) is 8.17. The SMILES string of the molecule is CC(C)[C@@H](C)CC[C@@H](C)[C@H]1CC[C@@]2(C)C3=C(CC[C@]12C)[C@@]1(C)CCC(O)CC1CC3. The number of hydrogen-bond acceptors (Lipinski definition) is 1. The molecule has 30 heavy (non-hydrogen) atoms. The maximum Gasteiger partial charge on any atom is 0.0543 e. The van der Waals surface area contributed by atoms with E-state index in [1.54, 1.807) is 0 Å². The van der Waals surface area contributed by atoms with E-state index in [1.807, 2.05) is 11.1 Å². The van der Waals surface area contributed by atoms with E-state index in [0.717, 1.165) is 42.4 Å². The van der Waals surface area contributed by atoms with E-state index < -0.39 is 0 Å². The summed E-state index contributed by atoms with van der Waals surface area (Å²) in [7, 11) is 0. The summed E-state index contributed by atoms with van der Waals surface area (Å²) < 4.78 is 0. The molecule has 4 aliphatic carbocycles. The lowest BCUT2D eigenvalue weighted by atomic mass is 9.46. The quantitative estimate of drug-likeness (QED) is 0.450. The summed E-state index contributed by atoms with van der Waals surface area (Å²) in [5.74, 6) is 4.15. The van der Waals surface area contributed by atoms with Crippen molar-refractivity contribution < 1.29 is 5.11 Å². The van der Waals surface area contributed by atoms with E-state index in [4.69, 9.17) is 0 Å². The van der Waals surface area contributed by atoms with Gasteiger partial charge in [0.25, 0.3) is 0 Å². The van der Waals surface area contributed by atoms with Crippen LogP contribution in [0.25, 0.3) is 0 Å². The van der Waals surface area contributed by atoms with Crippen molar-refractivity contribution >= 4 is 0 Å². The summed E-state index contributed by atoms with van der Waals surface area (Å²) >= 11 is 0. The van der Waals surface area contributed by atoms with Gasteiger partial charge in [0.1, 0.15) is 0 Å². The number of rotatable bonds is 5. The summed E-state index contributed by atoms with van der Waals surface area (Å²) in [6.07, 6.45) is 14.3. The maximum atomic E-state index is 10.3. The Morgan fingerprint density at radius 1 is 0.867 bits per heavy atom. The number of aliphatic hydroxyl groups excluding tert-OH is 1. The van der Waals surface area contributed by atoms with Gasteiger partial charge in [-0.1, -0.05) is 72.5 Å². The number of aliphatic hydroxyl groups is 1. The van der Waals surface area contributed by atoms with Gasteiger partial charge in [-0.05, 0) is 104 Å². The van der Waals surface area contributed by atoms with Crippen LogP contribution in [-0.2, 0) is 0 Å². The van der Waals surface area contributed by atoms with Crippen LogP contribution in [0.3, 0.4) is 0 Å². The third kappa shape index (κ3) is 3.36. The minimum Gasteiger partial charge on any atom is -0.393 e. The number of hydrogen-bond donors (Lipinski definition) is 1. The second-order valence-corrected chi connectivity index (χ2v) is 13.2. The molecule has 0 heterocycles. The molecule has 1 heteroatoms. The van der Waals surface area contributed by atoms with Gasteiger partial charge in [-0.15, -0.1) is 0 Å². The average Bonchev–Trinajstić information content (AvgIpc) is 2.97. The molecule has 1 N–H and O–H groups in total. The van der Waals surface area contributed by atoms with Crippen molar-refractivity contribution in [2.24, 2.45) is 45.8 Å². The first kappa shape index (κ1) is 22.9. The minimum atomic E-state index is -0.0420. The van der Waals surface area contributed by atoms with Gasteiger partial charge in [0.15, 0.2) is 0 Å². The highest BCUT2D eigenvalue weighted by Gasteiger charge is 2.61. The summed E-state index contributed by atoms with van der Waals surface area (Å²) in [6, 6.07) is 0. The number of allylic oxidation sites excluding steroid dienone is 2. The molecule has 0 spiro atoms. The molecular formula is C29H50O. The molecule has 2 fully saturated rings. The fourth-order valence-electron chi connectivity index (χ4n) is 8.84. The van der Waals surface area contributed by atoms with Gasteiger partial charge in [0.05, 0.1) is 6.10 Å². The third-order valence-electron chi connectivity index (χ3n) is 11.7. The molecule has 172 valence electrons. The summed E-state index contributed by atoms with van der Waals surface area (Å²) in [5, 5.41) is 10.3. The summed E-state index contributed by atoms with van der Waals surface area (Å²) in [6.45, 7) is 17.8. The van der Waals surface area contributed by atoms with E-state index in [1.165, 1.54) is 57.8 Å². The van der Waals surface area contributed by atoms with Crippen LogP contribution >= 0.6 is 0 Å². The van der Waals surface area contributed by atoms with Crippen LogP contribution in [0.4, 0.5) is 0 Å². The zero-order valence-electron chi connectivity index (χ0n) is 21.2. The van der Waals surface area contributed by atoms with E-state index in [-0.39, 0.29) is 6.10 Å². The van der Waals surface area contributed by atoms with Gasteiger partial charge >= 0.3 is 0 Å². The van der Waals surface area contributed by atoms with Crippen molar-refractivity contribution in [3.63, 3.8) is 0 Å². The molecule has 0 amide bonds. The molecule has 8 atom stereocenters. The van der Waals surface area contributed by atoms with Gasteiger partial charge in [0.2, 0.25) is 0 Å². The zero-order valence-corrected chi connectivity index (χ0v) is 21.2. The van der Waals surface area contributed by atoms with Gasteiger partial charge in [-0.2, -0.15) is 0 Å². The molecule has 4 rings (SSSR count). The summed E-state index contributed by atoms with van der Waals surface area (Å²) in [5.41, 5.74) is 5.06. The van der Waals surface area contributed by atoms with Crippen LogP contribution in [0.1, 0.15) is 119 Å². The van der Waals surface area contributed by atoms with Crippen molar-refractivity contribution in [1.82, 2.24) is 0 Å². The lowest BCUT2D eigenvalue weighted by Crippen LogP contribution is -2.49. The standard InChI is InChI=1S/C29H50O/c1-19(2)20(3)8-9-21(4)24-13-16-29(7)26-11-10-22-18-23(30)12-15-27(22,5)25(26)14-17-28(24,29)6/h19-24,30H,8-18H2,1-7H3/t20-,21+,22?,23?,24+,27-,28+,29-/m0/s1. The van der Waals surface area contributed by atoms with Crippen molar-refractivity contribution in [1.29, 1.82) is 0 Å². The third-order valence-corrected chi connectivity index (χ3v) is 11.7. The molecule has 2 saturated carbocycles. The lowest BCUT2D eigenvalue weighted by molar-refractivity contribution is -0.00530. The second-order valence-electron chi connectivity index (χ2n) is 13.2. The summed E-state index contributed by atoms with van der Waals surface area (Å²) in [4.78, 5) is 0. The smallest absolute Gasteiger partial charge is 0.0543 e. The van der Waals surface area contributed by atoms with Crippen molar-refractivity contribution in [2.75, 3.05) is 0 Å². The van der Waals surface area contributed by atoms with E-state index >= 15 is 0 Å². The van der Waals surface area contributed by atoms with E-state index in [9.17, 15) is 5.11 Å². The molecular weight excluding hydrogens is 364 g/mol. The van der Waals surface area contributed by atoms with Crippen LogP contribution in [0, 0.1) is 45.8 Å². The molecule has 2 unspecified atom stereocenters. The molecule has 4 aliphatic rings. The first-order valence-corrected chi connectivity index (χ1v) is 13.4. The molecule has 0 aromatic carbocycles. The van der Waals surface area contributed by atoms with Crippen LogP contribution in [0.2, 0.25) is 0 Å². The van der Waals surface area contributed by atoms with Crippen LogP contribution in [-0.4, -0.2) is 11.2 Å². The van der Waals surface area contributed by atoms with Crippen molar-refractivity contribution in [3.8, 4) is 0 Å². The molecule has 0 aromatic rings. The fourth-order valence-corrected chi connectivity index (χ4v) is 8.84. The molecule has 0 saturated heterocycles. The first-order valence-electron chi connectivity index (χ1n) is 13.4. The van der Waals surface area contributed by atoms with Crippen molar-refractivity contribution in [3.05, 3.63) is 11.1 Å². The van der Waals surface area contributed by atoms with Crippen LogP contribution in [0.15, 0.2) is 11.1 Å². The fraction of sp³-hybridized carbons (Fsp3) is 0.931. The Labute approximate surface area is 187 Å². The lowest BCUT2D eigenvalue weighted by Gasteiger charge is -2.59. The topological polar surface area (TPSA) is 20.2 Å². The highest BCUT2D eigenvalue weighted by molar-refractivity contribution is 5.38. The van der Waals surface area contributed by atoms with Gasteiger partial charge < -0.3 is 5.11 Å².